The molecule has 0 aromatic heterocycles. The molecule has 0 bridgehead atoms. The van der Waals surface area contributed by atoms with E-state index < -0.39 is 0 Å². The van der Waals surface area contributed by atoms with Crippen LogP contribution in [-0.2, 0) is 4.79 Å². The average molecular weight is 420 g/mol. The van der Waals surface area contributed by atoms with Gasteiger partial charge in [-0.05, 0) is 18.1 Å². The van der Waals surface area contributed by atoms with Crippen LogP contribution in [0.4, 0.5) is 10.1 Å². The molecule has 1 atom stereocenters. The van der Waals surface area contributed by atoms with E-state index in [0.29, 0.717) is 31.9 Å². The van der Waals surface area contributed by atoms with E-state index in [9.17, 15) is 9.18 Å². The number of hydrogen-bond donors (Lipinski definition) is 3. The Hall–Kier alpha value is -1.38. The highest BCUT2D eigenvalue weighted by molar-refractivity contribution is 14.0. The summed E-state index contributed by atoms with van der Waals surface area (Å²) in [5, 5.41) is 9.12. The maximum absolute atomic E-state index is 12.1. The Morgan fingerprint density at radius 1 is 1.41 bits per heavy atom. The van der Waals surface area contributed by atoms with Gasteiger partial charge in [0, 0.05) is 38.2 Å². The number of hydrogen-bond acceptors (Lipinski definition) is 2. The molecular formula is C15H22FIN4O. The molecule has 5 nitrogen and oxygen atoms in total. The summed E-state index contributed by atoms with van der Waals surface area (Å²) < 4.78 is 12.1. The van der Waals surface area contributed by atoms with Crippen molar-refractivity contribution in [3.63, 3.8) is 0 Å². The smallest absolute Gasteiger partial charge is 0.225 e. The monoisotopic (exact) mass is 420 g/mol. The van der Waals surface area contributed by atoms with Gasteiger partial charge in [0.1, 0.15) is 0 Å². The number of para-hydroxylation sites is 1. The van der Waals surface area contributed by atoms with Crippen LogP contribution in [0.2, 0.25) is 0 Å². The normalized spacial score (nSPS) is 17.1. The predicted octanol–water partition coefficient (Wildman–Crippen LogP) is 2.26. The quantitative estimate of drug-likeness (QED) is 0.296. The van der Waals surface area contributed by atoms with E-state index in [4.69, 9.17) is 0 Å². The minimum Gasteiger partial charge on any atom is -0.356 e. The second kappa shape index (κ2) is 9.60. The molecule has 0 spiro atoms. The van der Waals surface area contributed by atoms with E-state index in [1.807, 2.05) is 24.3 Å². The predicted molar refractivity (Wildman–Crippen MR) is 97.8 cm³/mol. The van der Waals surface area contributed by atoms with E-state index >= 15 is 0 Å². The van der Waals surface area contributed by atoms with Crippen molar-refractivity contribution in [3.05, 3.63) is 29.8 Å². The number of carbonyl (C=O) groups excluding carboxylic acids is 1. The summed E-state index contributed by atoms with van der Waals surface area (Å²) in [6.07, 6.45) is 0.904. The zero-order valence-electron chi connectivity index (χ0n) is 12.6. The number of amides is 1. The first-order chi connectivity index (χ1) is 10.2. The van der Waals surface area contributed by atoms with Gasteiger partial charge in [0.2, 0.25) is 5.91 Å². The summed E-state index contributed by atoms with van der Waals surface area (Å²) in [5.41, 5.74) is 2.00. The fraction of sp³-hybridized carbons (Fsp3) is 0.467. The maximum atomic E-state index is 12.1. The van der Waals surface area contributed by atoms with Gasteiger partial charge in [-0.15, -0.1) is 24.0 Å². The highest BCUT2D eigenvalue weighted by Gasteiger charge is 2.24. The molecule has 1 aliphatic rings. The van der Waals surface area contributed by atoms with E-state index in [-0.39, 0.29) is 42.5 Å². The number of aliphatic imine (C=N–C) groups is 1. The molecular weight excluding hydrogens is 398 g/mol. The fourth-order valence-electron chi connectivity index (χ4n) is 2.40. The SMILES string of the molecule is CN=C(NCCCF)NCC1CC(=O)Nc2ccccc21.I. The number of nitrogens with zero attached hydrogens (tertiary/aromatic N) is 1. The summed E-state index contributed by atoms with van der Waals surface area (Å²) in [6.45, 7) is 0.803. The lowest BCUT2D eigenvalue weighted by Crippen LogP contribution is -2.41. The Kier molecular flexibility index (Phi) is 8.15. The van der Waals surface area contributed by atoms with Crippen LogP contribution in [0, 0.1) is 0 Å². The molecule has 3 N–H and O–H groups in total. The van der Waals surface area contributed by atoms with Crippen LogP contribution in [0.3, 0.4) is 0 Å². The number of benzene rings is 1. The molecule has 1 aromatic rings. The molecule has 0 fully saturated rings. The minimum atomic E-state index is -0.347. The van der Waals surface area contributed by atoms with Crippen LogP contribution in [0.1, 0.15) is 24.3 Å². The van der Waals surface area contributed by atoms with Gasteiger partial charge >= 0.3 is 0 Å². The van der Waals surface area contributed by atoms with Crippen LogP contribution in [0.5, 0.6) is 0 Å². The van der Waals surface area contributed by atoms with Crippen LogP contribution >= 0.6 is 24.0 Å². The summed E-state index contributed by atoms with van der Waals surface area (Å²) in [5.74, 6) is 0.766. The lowest BCUT2D eigenvalue weighted by atomic mass is 9.90. The number of alkyl halides is 1. The minimum absolute atomic E-state index is 0. The van der Waals surface area contributed by atoms with Gasteiger partial charge in [-0.3, -0.25) is 14.2 Å². The molecule has 0 saturated carbocycles. The second-order valence-electron chi connectivity index (χ2n) is 4.96. The average Bonchev–Trinajstić information content (AvgIpc) is 2.50. The molecule has 7 heteroatoms. The third kappa shape index (κ3) is 5.11. The van der Waals surface area contributed by atoms with Crippen molar-refractivity contribution in [3.8, 4) is 0 Å². The number of fused-ring (bicyclic) bond motifs is 1. The number of halogens is 2. The Morgan fingerprint density at radius 2 is 2.18 bits per heavy atom. The van der Waals surface area contributed by atoms with Gasteiger partial charge < -0.3 is 16.0 Å². The molecule has 1 aromatic carbocycles. The fourth-order valence-corrected chi connectivity index (χ4v) is 2.40. The Morgan fingerprint density at radius 3 is 2.91 bits per heavy atom. The van der Waals surface area contributed by atoms with E-state index in [1.54, 1.807) is 7.05 Å². The standard InChI is InChI=1S/C15H21FN4O.HI/c1-17-15(18-8-4-7-16)19-10-11-9-14(21)20-13-6-3-2-5-12(11)13;/h2-3,5-6,11H,4,7-10H2,1H3,(H,20,21)(H2,17,18,19);1H. The Labute approximate surface area is 147 Å². The Balaban J connectivity index is 0.00000242. The van der Waals surface area contributed by atoms with Crippen molar-refractivity contribution in [1.82, 2.24) is 10.6 Å². The van der Waals surface area contributed by atoms with Gasteiger partial charge in [-0.1, -0.05) is 18.2 Å². The second-order valence-corrected chi connectivity index (χ2v) is 4.96. The summed E-state index contributed by atoms with van der Waals surface area (Å²) >= 11 is 0. The first kappa shape index (κ1) is 18.7. The van der Waals surface area contributed by atoms with Crippen molar-refractivity contribution in [2.24, 2.45) is 4.99 Å². The van der Waals surface area contributed by atoms with Crippen molar-refractivity contribution in [2.75, 3.05) is 32.1 Å². The van der Waals surface area contributed by atoms with Crippen molar-refractivity contribution in [2.45, 2.75) is 18.8 Å². The molecule has 1 heterocycles. The van der Waals surface area contributed by atoms with Gasteiger partial charge in [0.15, 0.2) is 5.96 Å². The van der Waals surface area contributed by atoms with Gasteiger partial charge in [0.25, 0.3) is 0 Å². The maximum Gasteiger partial charge on any atom is 0.225 e. The largest absolute Gasteiger partial charge is 0.356 e. The highest BCUT2D eigenvalue weighted by atomic mass is 127. The third-order valence-corrected chi connectivity index (χ3v) is 3.45. The summed E-state index contributed by atoms with van der Waals surface area (Å²) in [7, 11) is 1.67. The van der Waals surface area contributed by atoms with Gasteiger partial charge in [0.05, 0.1) is 6.67 Å². The zero-order valence-corrected chi connectivity index (χ0v) is 14.9. The van der Waals surface area contributed by atoms with Crippen LogP contribution < -0.4 is 16.0 Å². The summed E-state index contributed by atoms with van der Waals surface area (Å²) in [6, 6.07) is 7.82. The molecule has 1 aliphatic heterocycles. The third-order valence-electron chi connectivity index (χ3n) is 3.45. The molecule has 122 valence electrons. The summed E-state index contributed by atoms with van der Waals surface area (Å²) in [4.78, 5) is 15.8. The molecule has 0 saturated heterocycles. The van der Waals surface area contributed by atoms with Gasteiger partial charge in [-0.2, -0.15) is 0 Å². The van der Waals surface area contributed by atoms with E-state index in [2.05, 4.69) is 20.9 Å². The van der Waals surface area contributed by atoms with E-state index in [0.717, 1.165) is 11.3 Å². The van der Waals surface area contributed by atoms with Crippen molar-refractivity contribution < 1.29 is 9.18 Å². The first-order valence-corrected chi connectivity index (χ1v) is 7.14. The highest BCUT2D eigenvalue weighted by Crippen LogP contribution is 2.31. The van der Waals surface area contributed by atoms with E-state index in [1.165, 1.54) is 0 Å². The molecule has 22 heavy (non-hydrogen) atoms. The van der Waals surface area contributed by atoms with Gasteiger partial charge in [-0.25, -0.2) is 0 Å². The molecule has 0 radical (unpaired) electrons. The number of nitrogens with one attached hydrogen (secondary N) is 3. The lowest BCUT2D eigenvalue weighted by molar-refractivity contribution is -0.116. The number of rotatable bonds is 5. The van der Waals surface area contributed by atoms with Crippen LogP contribution in [0.15, 0.2) is 29.3 Å². The molecule has 0 aliphatic carbocycles. The number of anilines is 1. The van der Waals surface area contributed by atoms with Crippen LogP contribution in [-0.4, -0.2) is 38.7 Å². The van der Waals surface area contributed by atoms with Crippen molar-refractivity contribution in [1.29, 1.82) is 0 Å². The molecule has 2 rings (SSSR count). The zero-order chi connectivity index (χ0) is 15.1. The number of guanidine groups is 1. The topological polar surface area (TPSA) is 65.5 Å². The molecule has 1 amide bonds. The Bertz CT molecular complexity index is 524. The number of carbonyl (C=O) groups is 1. The van der Waals surface area contributed by atoms with Crippen LogP contribution in [0.25, 0.3) is 0 Å². The first-order valence-electron chi connectivity index (χ1n) is 7.14. The lowest BCUT2D eigenvalue weighted by Gasteiger charge is -2.26. The van der Waals surface area contributed by atoms with Crippen molar-refractivity contribution >= 4 is 41.5 Å². The molecule has 1 unspecified atom stereocenters.